The molecular weight excluding hydrogens is 501 g/mol. The minimum atomic E-state index is -0.620. The van der Waals surface area contributed by atoms with E-state index in [1.54, 1.807) is 43.4 Å². The molecule has 0 N–H and O–H groups in total. The molecule has 3 aromatic carbocycles. The number of ether oxygens (including phenoxy) is 2. The number of amides is 1. The highest BCUT2D eigenvalue weighted by molar-refractivity contribution is 6.32. The number of nitrogens with zero attached hydrogens (tertiary/aromatic N) is 1. The lowest BCUT2D eigenvalue weighted by molar-refractivity contribution is 0.0730. The summed E-state index contributed by atoms with van der Waals surface area (Å²) in [5, 5.41) is 1.37. The quantitative estimate of drug-likeness (QED) is 0.300. The molecule has 5 rings (SSSR count). The number of fused-ring (bicyclic) bond motifs is 2. The Morgan fingerprint density at radius 1 is 0.944 bits per heavy atom. The number of methoxy groups -OCH3 is 2. The van der Waals surface area contributed by atoms with Gasteiger partial charge in [0.1, 0.15) is 5.58 Å². The number of rotatable bonds is 6. The third kappa shape index (κ3) is 4.10. The van der Waals surface area contributed by atoms with Crippen LogP contribution in [0.1, 0.15) is 38.9 Å². The first-order valence-corrected chi connectivity index (χ1v) is 12.1. The van der Waals surface area contributed by atoms with Crippen molar-refractivity contribution >= 4 is 40.1 Å². The Bertz CT molecular complexity index is 1540. The highest BCUT2D eigenvalue weighted by atomic mass is 35.5. The van der Waals surface area contributed by atoms with Crippen molar-refractivity contribution in [2.24, 2.45) is 0 Å². The molecule has 0 radical (unpaired) electrons. The summed E-state index contributed by atoms with van der Waals surface area (Å²) in [4.78, 5) is 29.0. The maximum Gasteiger partial charge on any atom is 0.290 e. The molecule has 0 spiro atoms. The van der Waals surface area contributed by atoms with Crippen LogP contribution in [-0.4, -0.2) is 31.6 Å². The largest absolute Gasteiger partial charge is 0.493 e. The fraction of sp³-hybridized carbons (Fsp3) is 0.214. The van der Waals surface area contributed by atoms with Gasteiger partial charge in [-0.2, -0.15) is 0 Å². The lowest BCUT2D eigenvalue weighted by atomic mass is 9.98. The van der Waals surface area contributed by atoms with Gasteiger partial charge in [0, 0.05) is 16.6 Å². The monoisotopic (exact) mass is 523 g/mol. The van der Waals surface area contributed by atoms with Gasteiger partial charge in [-0.25, -0.2) is 0 Å². The maximum absolute atomic E-state index is 13.7. The average molecular weight is 524 g/mol. The zero-order chi connectivity index (χ0) is 25.6. The zero-order valence-corrected chi connectivity index (χ0v) is 21.4. The van der Waals surface area contributed by atoms with Crippen molar-refractivity contribution in [3.63, 3.8) is 0 Å². The van der Waals surface area contributed by atoms with Crippen LogP contribution >= 0.6 is 23.2 Å². The molecule has 184 valence electrons. The summed E-state index contributed by atoms with van der Waals surface area (Å²) in [6, 6.07) is 15.4. The normalized spacial score (nSPS) is 14.9. The van der Waals surface area contributed by atoms with E-state index in [9.17, 15) is 9.59 Å². The van der Waals surface area contributed by atoms with Crippen molar-refractivity contribution in [3.8, 4) is 11.5 Å². The molecule has 1 aromatic heterocycles. The fourth-order valence-corrected chi connectivity index (χ4v) is 4.94. The summed E-state index contributed by atoms with van der Waals surface area (Å²) >= 11 is 12.4. The summed E-state index contributed by atoms with van der Waals surface area (Å²) in [7, 11) is 3.16. The molecule has 1 aliphatic heterocycles. The van der Waals surface area contributed by atoms with Crippen molar-refractivity contribution in [2.75, 3.05) is 20.8 Å². The summed E-state index contributed by atoms with van der Waals surface area (Å²) in [6.45, 7) is 2.17. The van der Waals surface area contributed by atoms with Crippen molar-refractivity contribution < 1.29 is 18.7 Å². The van der Waals surface area contributed by atoms with E-state index >= 15 is 0 Å². The molecule has 36 heavy (non-hydrogen) atoms. The number of benzene rings is 3. The number of hydrogen-bond donors (Lipinski definition) is 0. The van der Waals surface area contributed by atoms with Crippen LogP contribution in [0.2, 0.25) is 10.0 Å². The van der Waals surface area contributed by atoms with E-state index in [-0.39, 0.29) is 17.1 Å². The van der Waals surface area contributed by atoms with Gasteiger partial charge in [-0.3, -0.25) is 9.59 Å². The second-order valence-corrected chi connectivity index (χ2v) is 9.51. The van der Waals surface area contributed by atoms with E-state index < -0.39 is 6.04 Å². The van der Waals surface area contributed by atoms with E-state index in [4.69, 9.17) is 37.1 Å². The number of carbonyl (C=O) groups excluding carboxylic acids is 1. The third-order valence-electron chi connectivity index (χ3n) is 6.52. The van der Waals surface area contributed by atoms with E-state index in [2.05, 4.69) is 0 Å². The van der Waals surface area contributed by atoms with Gasteiger partial charge in [-0.05, 0) is 66.4 Å². The van der Waals surface area contributed by atoms with Crippen LogP contribution in [0.5, 0.6) is 11.5 Å². The lowest BCUT2D eigenvalue weighted by Crippen LogP contribution is -2.31. The van der Waals surface area contributed by atoms with Crippen LogP contribution in [0.4, 0.5) is 0 Å². The lowest BCUT2D eigenvalue weighted by Gasteiger charge is -2.25. The molecule has 1 amide bonds. The van der Waals surface area contributed by atoms with Crippen molar-refractivity contribution in [1.82, 2.24) is 4.90 Å². The molecule has 0 saturated carbocycles. The molecule has 2 heterocycles. The highest BCUT2D eigenvalue weighted by Crippen LogP contribution is 2.39. The smallest absolute Gasteiger partial charge is 0.290 e. The highest BCUT2D eigenvalue weighted by Gasteiger charge is 2.42. The summed E-state index contributed by atoms with van der Waals surface area (Å²) in [5.74, 6) is 0.953. The number of carbonyl (C=O) groups is 1. The molecule has 1 aliphatic rings. The Morgan fingerprint density at radius 2 is 1.67 bits per heavy atom. The second-order valence-electron chi connectivity index (χ2n) is 8.66. The van der Waals surface area contributed by atoms with Gasteiger partial charge in [0.05, 0.1) is 31.2 Å². The van der Waals surface area contributed by atoms with Crippen LogP contribution in [0.3, 0.4) is 0 Å². The second kappa shape index (κ2) is 9.52. The SMILES string of the molecule is COc1ccc(CCN2C(=O)c3oc4cc(C)c(Cl)cc4c(=O)c3[C@H]2c2ccc(Cl)cc2)cc1OC. The first-order chi connectivity index (χ1) is 17.3. The molecule has 0 fully saturated rings. The molecule has 0 unspecified atom stereocenters. The van der Waals surface area contributed by atoms with Gasteiger partial charge in [-0.1, -0.05) is 41.4 Å². The topological polar surface area (TPSA) is 69.0 Å². The molecule has 4 aromatic rings. The van der Waals surface area contributed by atoms with Gasteiger partial charge in [0.15, 0.2) is 16.9 Å². The standard InChI is InChI=1S/C28H23Cl2NO5/c1-15-12-22-19(14-20(15)30)26(32)24-25(17-5-7-18(29)8-6-17)31(28(33)27(24)36-22)11-10-16-4-9-21(34-2)23(13-16)35-3/h4-9,12-14,25H,10-11H2,1-3H3/t25-/m1/s1. The van der Waals surface area contributed by atoms with E-state index in [0.29, 0.717) is 51.0 Å². The number of halogens is 2. The van der Waals surface area contributed by atoms with Crippen molar-refractivity contribution in [2.45, 2.75) is 19.4 Å². The first kappa shape index (κ1) is 24.2. The minimum absolute atomic E-state index is 0.0569. The predicted octanol–water partition coefficient (Wildman–Crippen LogP) is 6.21. The first-order valence-electron chi connectivity index (χ1n) is 11.4. The Hall–Kier alpha value is -3.48. The average Bonchev–Trinajstić information content (AvgIpc) is 3.16. The van der Waals surface area contributed by atoms with E-state index in [0.717, 1.165) is 16.7 Å². The van der Waals surface area contributed by atoms with Gasteiger partial charge in [0.2, 0.25) is 5.76 Å². The molecule has 6 nitrogen and oxygen atoms in total. The zero-order valence-electron chi connectivity index (χ0n) is 19.9. The van der Waals surface area contributed by atoms with Gasteiger partial charge >= 0.3 is 0 Å². The van der Waals surface area contributed by atoms with Crippen molar-refractivity contribution in [1.29, 1.82) is 0 Å². The predicted molar refractivity (Wildman–Crippen MR) is 140 cm³/mol. The van der Waals surface area contributed by atoms with Gasteiger partial charge in [0.25, 0.3) is 5.91 Å². The third-order valence-corrected chi connectivity index (χ3v) is 7.18. The summed E-state index contributed by atoms with van der Waals surface area (Å²) in [6.07, 6.45) is 0.531. The van der Waals surface area contributed by atoms with Crippen LogP contribution in [0.25, 0.3) is 11.0 Å². The summed E-state index contributed by atoms with van der Waals surface area (Å²) < 4.78 is 16.8. The van der Waals surface area contributed by atoms with Crippen LogP contribution in [0, 0.1) is 6.92 Å². The number of aryl methyl sites for hydroxylation is 1. The Balaban J connectivity index is 1.60. The Labute approximate surface area is 217 Å². The Morgan fingerprint density at radius 3 is 2.36 bits per heavy atom. The van der Waals surface area contributed by atoms with Gasteiger partial charge in [-0.15, -0.1) is 0 Å². The molecule has 1 atom stereocenters. The molecule has 0 aliphatic carbocycles. The fourth-order valence-electron chi connectivity index (χ4n) is 4.65. The molecular formula is C28H23Cl2NO5. The van der Waals surface area contributed by atoms with Crippen LogP contribution in [0.15, 0.2) is 63.8 Å². The molecule has 0 bridgehead atoms. The molecule has 0 saturated heterocycles. The van der Waals surface area contributed by atoms with Gasteiger partial charge < -0.3 is 18.8 Å². The molecule has 8 heteroatoms. The maximum atomic E-state index is 13.7. The number of hydrogen-bond acceptors (Lipinski definition) is 5. The van der Waals surface area contributed by atoms with Crippen LogP contribution < -0.4 is 14.9 Å². The minimum Gasteiger partial charge on any atom is -0.493 e. The van der Waals surface area contributed by atoms with Crippen LogP contribution in [-0.2, 0) is 6.42 Å². The Kier molecular flexibility index (Phi) is 6.41. The van der Waals surface area contributed by atoms with E-state index in [1.165, 1.54) is 0 Å². The van der Waals surface area contributed by atoms with E-state index in [1.807, 2.05) is 37.3 Å². The summed E-state index contributed by atoms with van der Waals surface area (Å²) in [5.41, 5.74) is 2.86. The van der Waals surface area contributed by atoms with Crippen molar-refractivity contribution in [3.05, 3.63) is 103 Å².